The first-order chi connectivity index (χ1) is 10.3. The van der Waals surface area contributed by atoms with Gasteiger partial charge in [-0.25, -0.2) is 4.79 Å². The number of ether oxygens (including phenoxy) is 2. The monoisotopic (exact) mass is 292 g/mol. The van der Waals surface area contributed by atoms with Crippen LogP contribution in [0.1, 0.15) is 24.8 Å². The Kier molecular flexibility index (Phi) is 6.50. The second-order valence-electron chi connectivity index (χ2n) is 5.25. The summed E-state index contributed by atoms with van der Waals surface area (Å²) in [5.41, 5.74) is 6.42. The predicted octanol–water partition coefficient (Wildman–Crippen LogP) is 2.15. The minimum Gasteiger partial charge on any atom is -0.445 e. The minimum atomic E-state index is -0.250. The van der Waals surface area contributed by atoms with Crippen molar-refractivity contribution in [3.05, 3.63) is 35.9 Å². The van der Waals surface area contributed by atoms with Gasteiger partial charge in [-0.05, 0) is 24.8 Å². The molecule has 0 spiro atoms. The van der Waals surface area contributed by atoms with Crippen molar-refractivity contribution in [2.75, 3.05) is 26.3 Å². The molecule has 0 unspecified atom stereocenters. The van der Waals surface area contributed by atoms with Crippen LogP contribution in [0.4, 0.5) is 4.79 Å². The molecular weight excluding hydrogens is 268 g/mol. The van der Waals surface area contributed by atoms with Gasteiger partial charge in [-0.15, -0.1) is 0 Å². The number of hydrogen-bond acceptors (Lipinski definition) is 4. The summed E-state index contributed by atoms with van der Waals surface area (Å²) in [5.74, 6) is 0. The van der Waals surface area contributed by atoms with E-state index in [4.69, 9.17) is 15.2 Å². The molecule has 0 aromatic heterocycles. The third kappa shape index (κ3) is 5.02. The van der Waals surface area contributed by atoms with Gasteiger partial charge in [-0.3, -0.25) is 0 Å². The maximum atomic E-state index is 12.2. The van der Waals surface area contributed by atoms with Crippen LogP contribution in [0.15, 0.2) is 30.3 Å². The van der Waals surface area contributed by atoms with E-state index < -0.39 is 0 Å². The molecule has 21 heavy (non-hydrogen) atoms. The zero-order valence-corrected chi connectivity index (χ0v) is 12.4. The molecule has 1 atom stereocenters. The quantitative estimate of drug-likeness (QED) is 0.816. The number of carbonyl (C=O) groups excluding carboxylic acids is 1. The number of nitrogens with zero attached hydrogens (tertiary/aromatic N) is 1. The topological polar surface area (TPSA) is 64.8 Å². The summed E-state index contributed by atoms with van der Waals surface area (Å²) in [5, 5.41) is 0. The van der Waals surface area contributed by atoms with Crippen LogP contribution in [0.25, 0.3) is 0 Å². The van der Waals surface area contributed by atoms with Crippen molar-refractivity contribution in [2.24, 2.45) is 5.73 Å². The van der Waals surface area contributed by atoms with E-state index in [0.29, 0.717) is 26.4 Å². The number of hydrogen-bond donors (Lipinski definition) is 1. The highest BCUT2D eigenvalue weighted by molar-refractivity contribution is 5.68. The van der Waals surface area contributed by atoms with Crippen molar-refractivity contribution in [2.45, 2.75) is 31.9 Å². The van der Waals surface area contributed by atoms with Gasteiger partial charge in [0.15, 0.2) is 0 Å². The third-order valence-corrected chi connectivity index (χ3v) is 3.64. The van der Waals surface area contributed by atoms with Gasteiger partial charge in [-0.2, -0.15) is 0 Å². The van der Waals surface area contributed by atoms with E-state index in [0.717, 1.165) is 31.4 Å². The Balaban J connectivity index is 1.83. The maximum Gasteiger partial charge on any atom is 0.410 e. The summed E-state index contributed by atoms with van der Waals surface area (Å²) in [6.45, 7) is 2.63. The Labute approximate surface area is 126 Å². The average molecular weight is 292 g/mol. The summed E-state index contributed by atoms with van der Waals surface area (Å²) in [7, 11) is 0. The fraction of sp³-hybridized carbons (Fsp3) is 0.562. The van der Waals surface area contributed by atoms with E-state index in [1.807, 2.05) is 30.3 Å². The Bertz CT molecular complexity index is 425. The fourth-order valence-corrected chi connectivity index (χ4v) is 2.52. The van der Waals surface area contributed by atoms with Gasteiger partial charge in [0.25, 0.3) is 0 Å². The van der Waals surface area contributed by atoms with E-state index in [-0.39, 0.29) is 12.1 Å². The zero-order chi connectivity index (χ0) is 14.9. The van der Waals surface area contributed by atoms with Crippen molar-refractivity contribution in [3.8, 4) is 0 Å². The first kappa shape index (κ1) is 15.8. The van der Waals surface area contributed by atoms with Crippen molar-refractivity contribution in [3.63, 3.8) is 0 Å². The normalized spacial score (nSPS) is 18.5. The van der Waals surface area contributed by atoms with Crippen molar-refractivity contribution >= 4 is 6.09 Å². The summed E-state index contributed by atoms with van der Waals surface area (Å²) < 4.78 is 10.9. The van der Waals surface area contributed by atoms with Gasteiger partial charge < -0.3 is 20.1 Å². The van der Waals surface area contributed by atoms with Crippen LogP contribution in [0, 0.1) is 0 Å². The number of nitrogens with two attached hydrogens (primary N) is 1. The molecule has 2 N–H and O–H groups in total. The van der Waals surface area contributed by atoms with Crippen LogP contribution in [0.2, 0.25) is 0 Å². The molecule has 1 aliphatic heterocycles. The molecule has 5 nitrogen and oxygen atoms in total. The molecule has 1 aromatic rings. The average Bonchev–Trinajstić information content (AvgIpc) is 2.54. The van der Waals surface area contributed by atoms with Gasteiger partial charge in [0.2, 0.25) is 0 Å². The van der Waals surface area contributed by atoms with Gasteiger partial charge in [-0.1, -0.05) is 30.3 Å². The second kappa shape index (κ2) is 8.64. The van der Waals surface area contributed by atoms with E-state index >= 15 is 0 Å². The van der Waals surface area contributed by atoms with Crippen LogP contribution < -0.4 is 5.73 Å². The Hall–Kier alpha value is -1.59. The summed E-state index contributed by atoms with van der Waals surface area (Å²) >= 11 is 0. The summed E-state index contributed by atoms with van der Waals surface area (Å²) in [4.78, 5) is 14.0. The number of benzene rings is 1. The molecule has 5 heteroatoms. The summed E-state index contributed by atoms with van der Waals surface area (Å²) in [6, 6.07) is 9.83. The molecule has 1 fully saturated rings. The molecular formula is C16H24N2O3. The van der Waals surface area contributed by atoms with Gasteiger partial charge in [0.05, 0.1) is 19.3 Å². The number of likely N-dealkylation sites (tertiary alicyclic amines) is 1. The molecule has 0 aliphatic carbocycles. The molecule has 1 aromatic carbocycles. The molecule has 0 saturated carbocycles. The molecule has 0 radical (unpaired) electrons. The van der Waals surface area contributed by atoms with Crippen molar-refractivity contribution in [1.82, 2.24) is 4.90 Å². The highest BCUT2D eigenvalue weighted by Crippen LogP contribution is 2.18. The Morgan fingerprint density at radius 2 is 2.10 bits per heavy atom. The lowest BCUT2D eigenvalue weighted by atomic mass is 10.0. The second-order valence-corrected chi connectivity index (χ2v) is 5.25. The largest absolute Gasteiger partial charge is 0.445 e. The van der Waals surface area contributed by atoms with E-state index in [1.54, 1.807) is 4.90 Å². The highest BCUT2D eigenvalue weighted by atomic mass is 16.6. The molecule has 1 heterocycles. The van der Waals surface area contributed by atoms with E-state index in [2.05, 4.69) is 0 Å². The zero-order valence-electron chi connectivity index (χ0n) is 12.4. The van der Waals surface area contributed by atoms with Crippen LogP contribution in [0.3, 0.4) is 0 Å². The molecule has 1 saturated heterocycles. The van der Waals surface area contributed by atoms with Crippen molar-refractivity contribution < 1.29 is 14.3 Å². The first-order valence-electron chi connectivity index (χ1n) is 7.56. The maximum absolute atomic E-state index is 12.2. The predicted molar refractivity (Wildman–Crippen MR) is 80.8 cm³/mol. The van der Waals surface area contributed by atoms with E-state index in [1.165, 1.54) is 0 Å². The van der Waals surface area contributed by atoms with Crippen LogP contribution >= 0.6 is 0 Å². The van der Waals surface area contributed by atoms with Gasteiger partial charge in [0.1, 0.15) is 6.61 Å². The lowest BCUT2D eigenvalue weighted by Crippen LogP contribution is -2.46. The molecule has 1 amide bonds. The van der Waals surface area contributed by atoms with Crippen LogP contribution in [-0.4, -0.2) is 43.3 Å². The third-order valence-electron chi connectivity index (χ3n) is 3.64. The number of rotatable bonds is 6. The fourth-order valence-electron chi connectivity index (χ4n) is 2.52. The van der Waals surface area contributed by atoms with Crippen molar-refractivity contribution in [1.29, 1.82) is 0 Å². The Morgan fingerprint density at radius 1 is 1.29 bits per heavy atom. The number of piperidine rings is 1. The molecule has 0 bridgehead atoms. The first-order valence-corrected chi connectivity index (χ1v) is 7.56. The minimum absolute atomic E-state index is 0.105. The lowest BCUT2D eigenvalue weighted by Gasteiger charge is -2.34. The Morgan fingerprint density at radius 3 is 2.86 bits per heavy atom. The standard InChI is InChI=1S/C16H24N2O3/c17-9-11-20-13-15-8-4-5-10-18(15)16(19)21-12-14-6-2-1-3-7-14/h1-3,6-7,15H,4-5,8-13,17H2/t15-/m1/s1. The molecule has 116 valence electrons. The molecule has 1 aliphatic rings. The molecule has 2 rings (SSSR count). The van der Waals surface area contributed by atoms with E-state index in [9.17, 15) is 4.79 Å². The number of carbonyl (C=O) groups is 1. The van der Waals surface area contributed by atoms with Gasteiger partial charge in [0, 0.05) is 13.1 Å². The smallest absolute Gasteiger partial charge is 0.410 e. The SMILES string of the molecule is NCCOC[C@H]1CCCCN1C(=O)OCc1ccccc1. The summed E-state index contributed by atoms with van der Waals surface area (Å²) in [6.07, 6.45) is 2.86. The number of amides is 1. The lowest BCUT2D eigenvalue weighted by molar-refractivity contribution is 0.0279. The van der Waals surface area contributed by atoms with Gasteiger partial charge >= 0.3 is 6.09 Å². The highest BCUT2D eigenvalue weighted by Gasteiger charge is 2.27. The van der Waals surface area contributed by atoms with Crippen LogP contribution in [-0.2, 0) is 16.1 Å². The van der Waals surface area contributed by atoms with Crippen LogP contribution in [0.5, 0.6) is 0 Å².